The number of nitro groups is 1. The van der Waals surface area contributed by atoms with E-state index in [2.05, 4.69) is 16.8 Å². The van der Waals surface area contributed by atoms with Gasteiger partial charge in [0.1, 0.15) is 5.69 Å². The average Bonchev–Trinajstić information content (AvgIpc) is 2.90. The van der Waals surface area contributed by atoms with E-state index >= 15 is 0 Å². The Morgan fingerprint density at radius 1 is 1.45 bits per heavy atom. The van der Waals surface area contributed by atoms with Crippen molar-refractivity contribution in [3.8, 4) is 5.75 Å². The van der Waals surface area contributed by atoms with Gasteiger partial charge in [0.2, 0.25) is 0 Å². The summed E-state index contributed by atoms with van der Waals surface area (Å²) in [7, 11) is 1.43. The third-order valence-corrected chi connectivity index (χ3v) is 3.66. The van der Waals surface area contributed by atoms with E-state index in [4.69, 9.17) is 4.74 Å². The van der Waals surface area contributed by atoms with Crippen LogP contribution in [0.3, 0.4) is 0 Å². The largest absolute Gasteiger partial charge is 0.490 e. The number of hydrogen-bond acceptors (Lipinski definition) is 5. The topological polar surface area (TPSA) is 64.4 Å². The van der Waals surface area contributed by atoms with Crippen LogP contribution in [-0.4, -0.2) is 18.1 Å². The summed E-state index contributed by atoms with van der Waals surface area (Å²) in [4.78, 5) is 10.8. The number of para-hydroxylation sites is 1. The van der Waals surface area contributed by atoms with E-state index in [1.54, 1.807) is 29.5 Å². The lowest BCUT2D eigenvalue weighted by atomic mass is 10.1. The Balaban J connectivity index is 2.18. The average molecular weight is 292 g/mol. The SMILES string of the molecule is COc1cccc(NC(C)Cc2ccsc2)c1[N+](=O)[O-]. The molecule has 0 radical (unpaired) electrons. The summed E-state index contributed by atoms with van der Waals surface area (Å²) in [5.74, 6) is 0.266. The zero-order chi connectivity index (χ0) is 14.5. The van der Waals surface area contributed by atoms with Crippen molar-refractivity contribution < 1.29 is 9.66 Å². The van der Waals surface area contributed by atoms with Crippen molar-refractivity contribution in [2.24, 2.45) is 0 Å². The summed E-state index contributed by atoms with van der Waals surface area (Å²) in [6, 6.07) is 7.18. The van der Waals surface area contributed by atoms with Crippen molar-refractivity contribution in [2.45, 2.75) is 19.4 Å². The molecule has 2 rings (SSSR count). The van der Waals surface area contributed by atoms with Crippen molar-refractivity contribution in [1.29, 1.82) is 0 Å². The molecule has 0 aliphatic rings. The third-order valence-electron chi connectivity index (χ3n) is 2.93. The number of nitro benzene ring substituents is 1. The molecular weight excluding hydrogens is 276 g/mol. The van der Waals surface area contributed by atoms with Gasteiger partial charge in [0.15, 0.2) is 5.75 Å². The molecular formula is C14H16N2O3S. The van der Waals surface area contributed by atoms with Crippen molar-refractivity contribution in [3.05, 3.63) is 50.7 Å². The number of ether oxygens (including phenoxy) is 1. The maximum Gasteiger partial charge on any atom is 0.333 e. The number of methoxy groups -OCH3 is 1. The summed E-state index contributed by atoms with van der Waals surface area (Å²) >= 11 is 1.65. The molecule has 20 heavy (non-hydrogen) atoms. The van der Waals surface area contributed by atoms with Gasteiger partial charge in [0.05, 0.1) is 12.0 Å². The normalized spacial score (nSPS) is 11.9. The minimum atomic E-state index is -0.418. The molecule has 5 nitrogen and oxygen atoms in total. The van der Waals surface area contributed by atoms with Crippen LogP contribution >= 0.6 is 11.3 Å². The van der Waals surface area contributed by atoms with E-state index in [1.807, 2.05) is 12.3 Å². The number of rotatable bonds is 6. The fourth-order valence-corrected chi connectivity index (χ4v) is 2.75. The second-order valence-corrected chi connectivity index (χ2v) is 5.27. The lowest BCUT2D eigenvalue weighted by Gasteiger charge is -2.15. The second-order valence-electron chi connectivity index (χ2n) is 4.49. The first-order valence-corrected chi connectivity index (χ1v) is 7.15. The molecule has 0 saturated heterocycles. The van der Waals surface area contributed by atoms with Gasteiger partial charge in [-0.3, -0.25) is 10.1 Å². The Kier molecular flexibility index (Phi) is 4.57. The van der Waals surface area contributed by atoms with Crippen LogP contribution in [0.4, 0.5) is 11.4 Å². The van der Waals surface area contributed by atoms with Crippen LogP contribution in [0.2, 0.25) is 0 Å². The van der Waals surface area contributed by atoms with Gasteiger partial charge in [-0.15, -0.1) is 0 Å². The quantitative estimate of drug-likeness (QED) is 0.651. The van der Waals surface area contributed by atoms with Crippen LogP contribution in [0, 0.1) is 10.1 Å². The molecule has 0 bridgehead atoms. The number of anilines is 1. The molecule has 0 amide bonds. The minimum absolute atomic E-state index is 0.0211. The highest BCUT2D eigenvalue weighted by Crippen LogP contribution is 2.34. The van der Waals surface area contributed by atoms with Crippen LogP contribution < -0.4 is 10.1 Å². The molecule has 6 heteroatoms. The number of nitrogens with one attached hydrogen (secondary N) is 1. The highest BCUT2D eigenvalue weighted by Gasteiger charge is 2.21. The Morgan fingerprint density at radius 2 is 2.25 bits per heavy atom. The molecule has 0 aliphatic heterocycles. The third kappa shape index (κ3) is 3.27. The molecule has 1 aromatic carbocycles. The van der Waals surface area contributed by atoms with Crippen molar-refractivity contribution in [3.63, 3.8) is 0 Å². The van der Waals surface area contributed by atoms with Gasteiger partial charge in [0, 0.05) is 6.04 Å². The van der Waals surface area contributed by atoms with E-state index in [-0.39, 0.29) is 17.5 Å². The zero-order valence-electron chi connectivity index (χ0n) is 11.3. The van der Waals surface area contributed by atoms with Crippen molar-refractivity contribution in [2.75, 3.05) is 12.4 Å². The van der Waals surface area contributed by atoms with E-state index < -0.39 is 4.92 Å². The van der Waals surface area contributed by atoms with Gasteiger partial charge in [-0.05, 0) is 47.9 Å². The van der Waals surface area contributed by atoms with Crippen molar-refractivity contribution in [1.82, 2.24) is 0 Å². The van der Waals surface area contributed by atoms with Crippen LogP contribution in [0.1, 0.15) is 12.5 Å². The molecule has 0 spiro atoms. The lowest BCUT2D eigenvalue weighted by molar-refractivity contribution is -0.384. The van der Waals surface area contributed by atoms with Crippen LogP contribution in [0.5, 0.6) is 5.75 Å². The first-order valence-electron chi connectivity index (χ1n) is 6.21. The van der Waals surface area contributed by atoms with Gasteiger partial charge in [-0.2, -0.15) is 11.3 Å². The number of nitrogens with zero attached hydrogens (tertiary/aromatic N) is 1. The Labute approximate surface area is 121 Å². The minimum Gasteiger partial charge on any atom is -0.490 e. The molecule has 2 aromatic rings. The molecule has 0 saturated carbocycles. The van der Waals surface area contributed by atoms with Crippen LogP contribution in [0.25, 0.3) is 0 Å². The van der Waals surface area contributed by atoms with E-state index in [1.165, 1.54) is 12.7 Å². The van der Waals surface area contributed by atoms with Crippen LogP contribution in [0.15, 0.2) is 35.0 Å². The molecule has 106 valence electrons. The fourth-order valence-electron chi connectivity index (χ4n) is 2.07. The van der Waals surface area contributed by atoms with Gasteiger partial charge in [-0.25, -0.2) is 0 Å². The highest BCUT2D eigenvalue weighted by atomic mass is 32.1. The van der Waals surface area contributed by atoms with E-state index in [9.17, 15) is 10.1 Å². The smallest absolute Gasteiger partial charge is 0.333 e. The highest BCUT2D eigenvalue weighted by molar-refractivity contribution is 7.07. The summed E-state index contributed by atoms with van der Waals surface area (Å²) in [5, 5.41) is 18.5. The van der Waals surface area contributed by atoms with Crippen molar-refractivity contribution >= 4 is 22.7 Å². The molecule has 1 atom stereocenters. The molecule has 0 fully saturated rings. The summed E-state index contributed by atoms with van der Waals surface area (Å²) in [5.41, 5.74) is 1.68. The first kappa shape index (κ1) is 14.3. The molecule has 1 N–H and O–H groups in total. The monoisotopic (exact) mass is 292 g/mol. The van der Waals surface area contributed by atoms with Gasteiger partial charge < -0.3 is 10.1 Å². The maximum atomic E-state index is 11.2. The second kappa shape index (κ2) is 6.38. The number of benzene rings is 1. The van der Waals surface area contributed by atoms with Crippen LogP contribution in [-0.2, 0) is 6.42 Å². The van der Waals surface area contributed by atoms with Gasteiger partial charge in [0.25, 0.3) is 0 Å². The summed E-state index contributed by atoms with van der Waals surface area (Å²) < 4.78 is 5.05. The molecule has 1 heterocycles. The summed E-state index contributed by atoms with van der Waals surface area (Å²) in [6.07, 6.45) is 0.817. The Morgan fingerprint density at radius 3 is 2.85 bits per heavy atom. The van der Waals surface area contributed by atoms with Gasteiger partial charge in [-0.1, -0.05) is 6.07 Å². The first-order chi connectivity index (χ1) is 9.61. The predicted octanol–water partition coefficient (Wildman–Crippen LogP) is 3.71. The molecule has 0 aliphatic carbocycles. The number of thiophene rings is 1. The Bertz CT molecular complexity index is 584. The zero-order valence-corrected chi connectivity index (χ0v) is 12.1. The fraction of sp³-hybridized carbons (Fsp3) is 0.286. The van der Waals surface area contributed by atoms with E-state index in [0.29, 0.717) is 5.69 Å². The maximum absolute atomic E-state index is 11.2. The van der Waals surface area contributed by atoms with E-state index in [0.717, 1.165) is 6.42 Å². The molecule has 1 unspecified atom stereocenters. The predicted molar refractivity (Wildman–Crippen MR) is 80.8 cm³/mol. The van der Waals surface area contributed by atoms with Gasteiger partial charge >= 0.3 is 5.69 Å². The Hall–Kier alpha value is -2.08. The number of hydrogen-bond donors (Lipinski definition) is 1. The lowest BCUT2D eigenvalue weighted by Crippen LogP contribution is -2.18. The standard InChI is InChI=1S/C14H16N2O3S/c1-10(8-11-6-7-20-9-11)15-12-4-3-5-13(19-2)14(12)16(17)18/h3-7,9-10,15H,8H2,1-2H3. The summed E-state index contributed by atoms with van der Waals surface area (Å²) in [6.45, 7) is 2.00. The molecule has 1 aromatic heterocycles.